The van der Waals surface area contributed by atoms with E-state index in [2.05, 4.69) is 20.5 Å². The lowest BCUT2D eigenvalue weighted by molar-refractivity contribution is 0.191. The van der Waals surface area contributed by atoms with E-state index in [0.717, 1.165) is 21.7 Å². The van der Waals surface area contributed by atoms with Crippen LogP contribution >= 0.6 is 0 Å². The molecule has 0 unspecified atom stereocenters. The summed E-state index contributed by atoms with van der Waals surface area (Å²) in [5, 5.41) is 33.4. The van der Waals surface area contributed by atoms with Gasteiger partial charge in [0.25, 0.3) is 0 Å². The first-order valence-corrected chi connectivity index (χ1v) is 8.57. The first-order chi connectivity index (χ1) is 13.1. The average Bonchev–Trinajstić information content (AvgIpc) is 3.26. The summed E-state index contributed by atoms with van der Waals surface area (Å²) in [5.74, 6) is 0.525. The van der Waals surface area contributed by atoms with Gasteiger partial charge >= 0.3 is 0 Å². The van der Waals surface area contributed by atoms with E-state index in [-0.39, 0.29) is 12.4 Å². The molecule has 0 amide bonds. The SMILES string of the molecule is Cn1c(NC[C@H](O)c2ccccc2)nc(/C=c2\ccc3c(c2)C=NN=3)c1O. The van der Waals surface area contributed by atoms with E-state index in [9.17, 15) is 10.2 Å². The molecule has 7 heteroatoms. The van der Waals surface area contributed by atoms with Crippen LogP contribution in [0.3, 0.4) is 0 Å². The van der Waals surface area contributed by atoms with E-state index in [1.807, 2.05) is 48.5 Å². The quantitative estimate of drug-likeness (QED) is 0.633. The van der Waals surface area contributed by atoms with Gasteiger partial charge in [-0.15, -0.1) is 0 Å². The summed E-state index contributed by atoms with van der Waals surface area (Å²) < 4.78 is 1.55. The lowest BCUT2D eigenvalue weighted by Gasteiger charge is -2.12. The van der Waals surface area contributed by atoms with Gasteiger partial charge in [0.15, 0.2) is 0 Å². The van der Waals surface area contributed by atoms with Crippen molar-refractivity contribution in [1.29, 1.82) is 0 Å². The number of anilines is 1. The number of aliphatic hydroxyl groups excluding tert-OH is 1. The Morgan fingerprint density at radius 1 is 1.19 bits per heavy atom. The van der Waals surface area contributed by atoms with Crippen molar-refractivity contribution in [3.8, 4) is 5.88 Å². The van der Waals surface area contributed by atoms with Gasteiger partial charge in [0.05, 0.1) is 17.7 Å². The van der Waals surface area contributed by atoms with E-state index in [1.54, 1.807) is 23.9 Å². The molecule has 0 fully saturated rings. The molecule has 0 radical (unpaired) electrons. The van der Waals surface area contributed by atoms with E-state index >= 15 is 0 Å². The molecule has 2 aromatic carbocycles. The Morgan fingerprint density at radius 2 is 2.00 bits per heavy atom. The van der Waals surface area contributed by atoms with Gasteiger partial charge in [-0.1, -0.05) is 36.4 Å². The molecule has 0 saturated heterocycles. The van der Waals surface area contributed by atoms with Gasteiger partial charge < -0.3 is 15.5 Å². The zero-order valence-corrected chi connectivity index (χ0v) is 14.7. The number of hydrogen-bond acceptors (Lipinski definition) is 6. The summed E-state index contributed by atoms with van der Waals surface area (Å²) in [6.45, 7) is 0.282. The van der Waals surface area contributed by atoms with Crippen molar-refractivity contribution < 1.29 is 10.2 Å². The number of aliphatic hydroxyl groups is 1. The molecule has 4 rings (SSSR count). The van der Waals surface area contributed by atoms with Gasteiger partial charge in [-0.2, -0.15) is 10.2 Å². The summed E-state index contributed by atoms with van der Waals surface area (Å²) in [7, 11) is 1.71. The minimum Gasteiger partial charge on any atom is -0.493 e. The van der Waals surface area contributed by atoms with Crippen LogP contribution in [0.15, 0.2) is 58.7 Å². The van der Waals surface area contributed by atoms with Crippen molar-refractivity contribution >= 4 is 18.2 Å². The number of benzene rings is 2. The van der Waals surface area contributed by atoms with E-state index in [4.69, 9.17) is 0 Å². The lowest BCUT2D eigenvalue weighted by Crippen LogP contribution is -2.14. The van der Waals surface area contributed by atoms with Crippen LogP contribution in [-0.2, 0) is 7.05 Å². The van der Waals surface area contributed by atoms with Crippen molar-refractivity contribution in [2.24, 2.45) is 17.3 Å². The number of nitrogens with zero attached hydrogens (tertiary/aromatic N) is 4. The highest BCUT2D eigenvalue weighted by Crippen LogP contribution is 2.22. The van der Waals surface area contributed by atoms with Gasteiger partial charge in [-0.3, -0.25) is 4.57 Å². The number of imidazole rings is 1. The lowest BCUT2D eigenvalue weighted by atomic mass is 10.1. The minimum atomic E-state index is -0.669. The number of hydrogen-bond donors (Lipinski definition) is 3. The molecule has 136 valence electrons. The molecule has 0 saturated carbocycles. The topological polar surface area (TPSA) is 95.0 Å². The van der Waals surface area contributed by atoms with Crippen LogP contribution in [0.1, 0.15) is 22.9 Å². The predicted octanol–water partition coefficient (Wildman–Crippen LogP) is 1.07. The second-order valence-corrected chi connectivity index (χ2v) is 6.32. The maximum Gasteiger partial charge on any atom is 0.220 e. The molecule has 3 aromatic rings. The summed E-state index contributed by atoms with van der Waals surface area (Å²) >= 11 is 0. The highest BCUT2D eigenvalue weighted by Gasteiger charge is 2.14. The van der Waals surface area contributed by atoms with Gasteiger partial charge in [-0.05, 0) is 29.0 Å². The second-order valence-electron chi connectivity index (χ2n) is 6.32. The predicted molar refractivity (Wildman–Crippen MR) is 103 cm³/mol. The maximum atomic E-state index is 10.4. The summed E-state index contributed by atoms with van der Waals surface area (Å²) in [5.41, 5.74) is 2.20. The van der Waals surface area contributed by atoms with Gasteiger partial charge in [0.1, 0.15) is 5.69 Å². The van der Waals surface area contributed by atoms with E-state index in [1.165, 1.54) is 0 Å². The van der Waals surface area contributed by atoms with Crippen LogP contribution in [0.4, 0.5) is 5.95 Å². The van der Waals surface area contributed by atoms with Crippen molar-refractivity contribution in [1.82, 2.24) is 9.55 Å². The monoisotopic (exact) mass is 361 g/mol. The van der Waals surface area contributed by atoms with Crippen molar-refractivity contribution in [2.75, 3.05) is 11.9 Å². The third-order valence-corrected chi connectivity index (χ3v) is 4.45. The number of nitrogens with one attached hydrogen (secondary N) is 1. The van der Waals surface area contributed by atoms with Crippen LogP contribution in [0.5, 0.6) is 5.88 Å². The third kappa shape index (κ3) is 3.45. The fraction of sp³-hybridized carbons (Fsp3) is 0.150. The Balaban J connectivity index is 1.56. The minimum absolute atomic E-state index is 0.0468. The Bertz CT molecular complexity index is 1120. The van der Waals surface area contributed by atoms with Gasteiger partial charge in [0.2, 0.25) is 11.8 Å². The Kier molecular flexibility index (Phi) is 4.43. The maximum absolute atomic E-state index is 10.4. The molecule has 2 heterocycles. The number of fused-ring (bicyclic) bond motifs is 1. The van der Waals surface area contributed by atoms with E-state index in [0.29, 0.717) is 11.6 Å². The average molecular weight is 361 g/mol. The van der Waals surface area contributed by atoms with Gasteiger partial charge in [-0.25, -0.2) is 4.98 Å². The molecule has 1 aromatic heterocycles. The molecule has 1 atom stereocenters. The highest BCUT2D eigenvalue weighted by atomic mass is 16.3. The Hall–Kier alpha value is -3.45. The molecule has 1 aliphatic rings. The molecule has 3 N–H and O–H groups in total. The molecule has 0 spiro atoms. The Morgan fingerprint density at radius 3 is 2.81 bits per heavy atom. The fourth-order valence-electron chi connectivity index (χ4n) is 2.92. The normalized spacial score (nSPS) is 14.1. The first kappa shape index (κ1) is 17.0. The molecule has 0 aliphatic carbocycles. The zero-order chi connectivity index (χ0) is 18.8. The first-order valence-electron chi connectivity index (χ1n) is 8.57. The third-order valence-electron chi connectivity index (χ3n) is 4.45. The van der Waals surface area contributed by atoms with Crippen LogP contribution in [0.25, 0.3) is 6.08 Å². The van der Waals surface area contributed by atoms with Crippen LogP contribution in [0, 0.1) is 0 Å². The summed E-state index contributed by atoms with van der Waals surface area (Å²) in [6, 6.07) is 15.1. The Labute approximate surface area is 155 Å². The van der Waals surface area contributed by atoms with Crippen molar-refractivity contribution in [3.63, 3.8) is 0 Å². The molecule has 1 aliphatic heterocycles. The smallest absolute Gasteiger partial charge is 0.220 e. The zero-order valence-electron chi connectivity index (χ0n) is 14.7. The number of aromatic hydroxyl groups is 1. The van der Waals surface area contributed by atoms with E-state index < -0.39 is 6.10 Å². The van der Waals surface area contributed by atoms with Crippen LogP contribution in [0.2, 0.25) is 0 Å². The van der Waals surface area contributed by atoms with Crippen LogP contribution < -0.4 is 15.9 Å². The van der Waals surface area contributed by atoms with Crippen LogP contribution in [-0.4, -0.2) is 32.5 Å². The molecule has 7 nitrogen and oxygen atoms in total. The fourth-order valence-corrected chi connectivity index (χ4v) is 2.92. The molecule has 0 bridgehead atoms. The second kappa shape index (κ2) is 7.05. The van der Waals surface area contributed by atoms with Gasteiger partial charge in [0, 0.05) is 19.2 Å². The summed E-state index contributed by atoms with van der Waals surface area (Å²) in [4.78, 5) is 4.44. The highest BCUT2D eigenvalue weighted by molar-refractivity contribution is 5.80. The molecular weight excluding hydrogens is 342 g/mol. The van der Waals surface area contributed by atoms with Crippen molar-refractivity contribution in [3.05, 3.63) is 75.9 Å². The molecule has 27 heavy (non-hydrogen) atoms. The number of rotatable bonds is 5. The molecular formula is C20H19N5O2. The largest absolute Gasteiger partial charge is 0.493 e. The van der Waals surface area contributed by atoms with Crippen molar-refractivity contribution in [2.45, 2.75) is 6.10 Å². The standard InChI is InChI=1S/C20H19N5O2/c1-25-19(27)17(10-13-7-8-16-15(9-13)11-22-24-16)23-20(25)21-12-18(26)14-5-3-2-4-6-14/h2-11,18,26-27H,12H2,1H3,(H,21,23)/b13-10+/t18-/m0/s1. The number of aromatic nitrogens is 2. The summed E-state index contributed by atoms with van der Waals surface area (Å²) in [6.07, 6.45) is 2.82.